The molecule has 4 rings (SSSR count). The van der Waals surface area contributed by atoms with Crippen LogP contribution in [0, 0.1) is 0 Å². The number of anilines is 1. The van der Waals surface area contributed by atoms with Gasteiger partial charge in [0.05, 0.1) is 11.9 Å². The molecule has 2 N–H and O–H groups in total. The average Bonchev–Trinajstić information content (AvgIpc) is 3.49. The molecule has 156 valence electrons. The van der Waals surface area contributed by atoms with Crippen molar-refractivity contribution in [3.63, 3.8) is 0 Å². The van der Waals surface area contributed by atoms with Crippen molar-refractivity contribution >= 4 is 28.9 Å². The molecule has 0 aliphatic heterocycles. The molecule has 9 heteroatoms. The topological polar surface area (TPSA) is 110 Å². The molecular weight excluding hydrogens is 414 g/mol. The van der Waals surface area contributed by atoms with E-state index in [1.165, 1.54) is 11.8 Å². The number of nitrogens with one attached hydrogen (secondary N) is 2. The van der Waals surface area contributed by atoms with Gasteiger partial charge in [0.25, 0.3) is 5.91 Å². The summed E-state index contributed by atoms with van der Waals surface area (Å²) >= 11 is 1.07. The second-order valence-electron chi connectivity index (χ2n) is 6.61. The van der Waals surface area contributed by atoms with E-state index < -0.39 is 5.97 Å². The molecule has 2 heterocycles. The predicted molar refractivity (Wildman–Crippen MR) is 117 cm³/mol. The van der Waals surface area contributed by atoms with Gasteiger partial charge in [0, 0.05) is 11.3 Å². The summed E-state index contributed by atoms with van der Waals surface area (Å²) in [6, 6.07) is 17.0. The Balaban J connectivity index is 1.37. The number of esters is 1. The van der Waals surface area contributed by atoms with Gasteiger partial charge >= 0.3 is 5.97 Å². The van der Waals surface area contributed by atoms with Gasteiger partial charge in [0.2, 0.25) is 5.01 Å². The molecule has 2 aromatic heterocycles. The van der Waals surface area contributed by atoms with Gasteiger partial charge in [0.1, 0.15) is 12.2 Å². The molecule has 31 heavy (non-hydrogen) atoms. The zero-order valence-electron chi connectivity index (χ0n) is 16.7. The van der Waals surface area contributed by atoms with Gasteiger partial charge in [-0.25, -0.2) is 4.79 Å². The van der Waals surface area contributed by atoms with Crippen LogP contribution in [-0.4, -0.2) is 32.3 Å². The molecule has 0 unspecified atom stereocenters. The summed E-state index contributed by atoms with van der Waals surface area (Å²) in [6.07, 6.45) is 2.35. The van der Waals surface area contributed by atoms with E-state index in [0.717, 1.165) is 23.3 Å². The van der Waals surface area contributed by atoms with E-state index in [-0.39, 0.29) is 17.5 Å². The van der Waals surface area contributed by atoms with E-state index in [4.69, 9.17) is 4.74 Å². The number of aromatic nitrogens is 4. The lowest BCUT2D eigenvalue weighted by Gasteiger charge is -2.04. The number of hydrogen-bond acceptors (Lipinski definition) is 7. The standard InChI is InChI=1S/C22H19N5O3S/c1-2-14-8-10-16(11-9-14)24-20(28)21-27-25-18(31-21)13-30-22(29)17-12-23-26-19(17)15-6-4-3-5-7-15/h3-12H,2,13H2,1H3,(H,23,26)(H,24,28). The van der Waals surface area contributed by atoms with Crippen molar-refractivity contribution in [3.05, 3.63) is 81.9 Å². The Bertz CT molecular complexity index is 1190. The van der Waals surface area contributed by atoms with Crippen molar-refractivity contribution in [1.82, 2.24) is 20.4 Å². The van der Waals surface area contributed by atoms with Crippen LogP contribution in [0.15, 0.2) is 60.8 Å². The fourth-order valence-corrected chi connectivity index (χ4v) is 3.53. The summed E-state index contributed by atoms with van der Waals surface area (Å²) in [5.74, 6) is -0.898. The third-order valence-corrected chi connectivity index (χ3v) is 5.43. The molecule has 0 atom stereocenters. The average molecular weight is 433 g/mol. The predicted octanol–water partition coefficient (Wildman–Crippen LogP) is 4.10. The van der Waals surface area contributed by atoms with Crippen LogP contribution < -0.4 is 5.32 Å². The first-order chi connectivity index (χ1) is 15.1. The Morgan fingerprint density at radius 3 is 2.58 bits per heavy atom. The van der Waals surface area contributed by atoms with Crippen LogP contribution in [0.25, 0.3) is 11.3 Å². The van der Waals surface area contributed by atoms with Crippen molar-refractivity contribution in [2.75, 3.05) is 5.32 Å². The van der Waals surface area contributed by atoms with E-state index in [2.05, 4.69) is 32.6 Å². The number of rotatable bonds is 7. The number of ether oxygens (including phenoxy) is 1. The smallest absolute Gasteiger partial charge is 0.342 e. The fourth-order valence-electron chi connectivity index (χ4n) is 2.88. The molecule has 1 amide bonds. The van der Waals surface area contributed by atoms with Gasteiger partial charge in [-0.15, -0.1) is 10.2 Å². The van der Waals surface area contributed by atoms with E-state index in [1.807, 2.05) is 54.6 Å². The van der Waals surface area contributed by atoms with Crippen LogP contribution in [0.5, 0.6) is 0 Å². The van der Waals surface area contributed by atoms with Gasteiger partial charge in [-0.2, -0.15) is 5.10 Å². The second kappa shape index (κ2) is 9.31. The zero-order chi connectivity index (χ0) is 21.6. The lowest BCUT2D eigenvalue weighted by atomic mass is 10.1. The highest BCUT2D eigenvalue weighted by Crippen LogP contribution is 2.22. The van der Waals surface area contributed by atoms with Gasteiger partial charge in [-0.1, -0.05) is 60.7 Å². The molecule has 0 saturated heterocycles. The number of aryl methyl sites for hydroxylation is 1. The minimum atomic E-state index is -0.537. The minimum absolute atomic E-state index is 0.0889. The quantitative estimate of drug-likeness (QED) is 0.425. The van der Waals surface area contributed by atoms with Crippen molar-refractivity contribution in [1.29, 1.82) is 0 Å². The first kappa shape index (κ1) is 20.4. The van der Waals surface area contributed by atoms with Crippen LogP contribution >= 0.6 is 11.3 Å². The Labute approximate surface area is 182 Å². The highest BCUT2D eigenvalue weighted by atomic mass is 32.1. The summed E-state index contributed by atoms with van der Waals surface area (Å²) in [5.41, 5.74) is 3.60. The zero-order valence-corrected chi connectivity index (χ0v) is 17.5. The van der Waals surface area contributed by atoms with Gasteiger partial charge < -0.3 is 10.1 Å². The molecule has 4 aromatic rings. The molecule has 0 bridgehead atoms. The number of benzene rings is 2. The normalized spacial score (nSPS) is 10.6. The Morgan fingerprint density at radius 1 is 1.06 bits per heavy atom. The number of hydrogen-bond donors (Lipinski definition) is 2. The molecule has 8 nitrogen and oxygen atoms in total. The maximum absolute atomic E-state index is 12.5. The second-order valence-corrected chi connectivity index (χ2v) is 7.67. The summed E-state index contributed by atoms with van der Waals surface area (Å²) in [5, 5.41) is 18.0. The summed E-state index contributed by atoms with van der Waals surface area (Å²) in [7, 11) is 0. The van der Waals surface area contributed by atoms with Crippen molar-refractivity contribution in [2.45, 2.75) is 20.0 Å². The molecule has 0 aliphatic rings. The Kier molecular flexibility index (Phi) is 6.13. The third-order valence-electron chi connectivity index (χ3n) is 4.53. The number of carbonyl (C=O) groups is 2. The molecule has 0 radical (unpaired) electrons. The number of carbonyl (C=O) groups excluding carboxylic acids is 2. The highest BCUT2D eigenvalue weighted by molar-refractivity contribution is 7.13. The lowest BCUT2D eigenvalue weighted by Crippen LogP contribution is -2.11. The number of amides is 1. The Hall–Kier alpha value is -3.85. The number of aromatic amines is 1. The first-order valence-corrected chi connectivity index (χ1v) is 10.4. The van der Waals surface area contributed by atoms with Gasteiger partial charge in [-0.3, -0.25) is 9.89 Å². The molecule has 0 aliphatic carbocycles. The summed E-state index contributed by atoms with van der Waals surface area (Å²) in [4.78, 5) is 24.9. The summed E-state index contributed by atoms with van der Waals surface area (Å²) in [6.45, 7) is 1.98. The van der Waals surface area contributed by atoms with Gasteiger partial charge in [0.15, 0.2) is 5.01 Å². The van der Waals surface area contributed by atoms with Crippen LogP contribution in [-0.2, 0) is 17.8 Å². The van der Waals surface area contributed by atoms with Gasteiger partial charge in [-0.05, 0) is 24.1 Å². The van der Waals surface area contributed by atoms with E-state index >= 15 is 0 Å². The third kappa shape index (κ3) is 4.84. The Morgan fingerprint density at radius 2 is 1.84 bits per heavy atom. The van der Waals surface area contributed by atoms with Crippen molar-refractivity contribution < 1.29 is 14.3 Å². The van der Waals surface area contributed by atoms with Crippen LogP contribution in [0.3, 0.4) is 0 Å². The molecular formula is C22H19N5O3S. The van der Waals surface area contributed by atoms with Crippen LogP contribution in [0.1, 0.15) is 37.7 Å². The largest absolute Gasteiger partial charge is 0.455 e. The van der Waals surface area contributed by atoms with Crippen molar-refractivity contribution in [2.24, 2.45) is 0 Å². The van der Waals surface area contributed by atoms with E-state index in [9.17, 15) is 9.59 Å². The van der Waals surface area contributed by atoms with Crippen molar-refractivity contribution in [3.8, 4) is 11.3 Å². The van der Waals surface area contributed by atoms with E-state index in [0.29, 0.717) is 22.0 Å². The minimum Gasteiger partial charge on any atom is -0.455 e. The monoisotopic (exact) mass is 433 g/mol. The van der Waals surface area contributed by atoms with Crippen LogP contribution in [0.4, 0.5) is 5.69 Å². The first-order valence-electron chi connectivity index (χ1n) is 9.62. The molecule has 2 aromatic carbocycles. The maximum atomic E-state index is 12.5. The number of nitrogens with zero attached hydrogens (tertiary/aromatic N) is 3. The van der Waals surface area contributed by atoms with E-state index in [1.54, 1.807) is 0 Å². The maximum Gasteiger partial charge on any atom is 0.342 e. The lowest BCUT2D eigenvalue weighted by molar-refractivity contribution is 0.0472. The summed E-state index contributed by atoms with van der Waals surface area (Å²) < 4.78 is 5.35. The highest BCUT2D eigenvalue weighted by Gasteiger charge is 2.18. The SMILES string of the molecule is CCc1ccc(NC(=O)c2nnc(COC(=O)c3cn[nH]c3-c3ccccc3)s2)cc1. The molecule has 0 spiro atoms. The molecule has 0 fully saturated rings. The number of H-pyrrole nitrogens is 1. The van der Waals surface area contributed by atoms with Crippen LogP contribution in [0.2, 0.25) is 0 Å². The fraction of sp³-hybridized carbons (Fsp3) is 0.136. The molecule has 0 saturated carbocycles.